The molecule has 0 spiro atoms. The maximum Gasteiger partial charge on any atom is 0.251 e. The average molecular weight is 508 g/mol. The molecule has 0 heterocycles. The van der Waals surface area contributed by atoms with Crippen LogP contribution in [0, 0.1) is 0 Å². The minimum Gasteiger partial charge on any atom is -0.491 e. The van der Waals surface area contributed by atoms with Crippen LogP contribution < -0.4 is 20.7 Å². The Morgan fingerprint density at radius 1 is 0.816 bits per heavy atom. The highest BCUT2D eigenvalue weighted by Crippen LogP contribution is 2.24. The summed E-state index contributed by atoms with van der Waals surface area (Å²) in [5, 5.41) is 9.02. The normalized spacial score (nSPS) is 11.3. The van der Waals surface area contributed by atoms with Crippen LogP contribution in [0.1, 0.15) is 40.9 Å². The summed E-state index contributed by atoms with van der Waals surface area (Å²) in [6, 6.07) is 34.5. The van der Waals surface area contributed by atoms with E-state index in [4.69, 9.17) is 4.74 Å². The zero-order valence-corrected chi connectivity index (χ0v) is 21.5. The summed E-state index contributed by atoms with van der Waals surface area (Å²) in [4.78, 5) is 25.4. The molecule has 0 saturated heterocycles. The van der Waals surface area contributed by atoms with Crippen molar-refractivity contribution in [2.24, 2.45) is 0 Å². The molecule has 6 nitrogen and oxygen atoms in total. The Balaban J connectivity index is 1.26. The van der Waals surface area contributed by atoms with Gasteiger partial charge in [-0.25, -0.2) is 0 Å². The van der Waals surface area contributed by atoms with Crippen LogP contribution in [0.25, 0.3) is 0 Å². The van der Waals surface area contributed by atoms with Gasteiger partial charge < -0.3 is 20.7 Å². The summed E-state index contributed by atoms with van der Waals surface area (Å²) in [5.41, 5.74) is 4.10. The molecule has 0 aliphatic rings. The fourth-order valence-electron chi connectivity index (χ4n) is 4.07. The van der Waals surface area contributed by atoms with E-state index in [1.165, 1.54) is 5.56 Å². The van der Waals surface area contributed by atoms with E-state index >= 15 is 0 Å². The van der Waals surface area contributed by atoms with Crippen molar-refractivity contribution in [1.29, 1.82) is 0 Å². The molecule has 0 saturated carbocycles. The number of hydrogen-bond donors (Lipinski definition) is 3. The van der Waals surface area contributed by atoms with E-state index in [0.29, 0.717) is 23.6 Å². The van der Waals surface area contributed by atoms with E-state index in [-0.39, 0.29) is 24.4 Å². The molecule has 1 atom stereocenters. The van der Waals surface area contributed by atoms with Gasteiger partial charge in [0.1, 0.15) is 5.75 Å². The first-order valence-corrected chi connectivity index (χ1v) is 12.8. The number of benzene rings is 4. The van der Waals surface area contributed by atoms with Gasteiger partial charge in [-0.1, -0.05) is 78.9 Å². The Bertz CT molecular complexity index is 1330. The van der Waals surface area contributed by atoms with Gasteiger partial charge in [-0.2, -0.15) is 0 Å². The molecule has 4 rings (SSSR count). The van der Waals surface area contributed by atoms with Crippen molar-refractivity contribution < 1.29 is 14.3 Å². The molecule has 4 aromatic carbocycles. The van der Waals surface area contributed by atoms with Crippen LogP contribution in [-0.4, -0.2) is 25.0 Å². The molecule has 3 N–H and O–H groups in total. The predicted molar refractivity (Wildman–Crippen MR) is 153 cm³/mol. The van der Waals surface area contributed by atoms with Crippen LogP contribution >= 0.6 is 0 Å². The number of para-hydroxylation sites is 2. The summed E-state index contributed by atoms with van der Waals surface area (Å²) in [7, 11) is 0. The molecule has 6 heteroatoms. The lowest BCUT2D eigenvalue weighted by Crippen LogP contribution is -2.27. The maximum absolute atomic E-state index is 12.8. The summed E-state index contributed by atoms with van der Waals surface area (Å²) in [6.45, 7) is 2.58. The molecular weight excluding hydrogens is 474 g/mol. The van der Waals surface area contributed by atoms with Crippen molar-refractivity contribution in [3.05, 3.63) is 126 Å². The molecule has 4 aromatic rings. The molecule has 1 unspecified atom stereocenters. The first kappa shape index (κ1) is 26.5. The first-order chi connectivity index (χ1) is 18.6. The number of nitrogens with one attached hydrogen (secondary N) is 3. The number of ether oxygens (including phenoxy) is 1. The number of carbonyl (C=O) groups is 2. The zero-order chi connectivity index (χ0) is 26.6. The van der Waals surface area contributed by atoms with Gasteiger partial charge in [0.15, 0.2) is 0 Å². The maximum atomic E-state index is 12.8. The van der Waals surface area contributed by atoms with Crippen LogP contribution in [0.5, 0.6) is 5.75 Å². The molecule has 38 heavy (non-hydrogen) atoms. The lowest BCUT2D eigenvalue weighted by molar-refractivity contribution is -0.114. The van der Waals surface area contributed by atoms with Crippen molar-refractivity contribution in [3.63, 3.8) is 0 Å². The second-order valence-electron chi connectivity index (χ2n) is 9.02. The van der Waals surface area contributed by atoms with Crippen LogP contribution in [0.2, 0.25) is 0 Å². The van der Waals surface area contributed by atoms with Gasteiger partial charge in [-0.3, -0.25) is 9.59 Å². The van der Waals surface area contributed by atoms with Gasteiger partial charge in [0, 0.05) is 11.3 Å². The second-order valence-corrected chi connectivity index (χ2v) is 9.02. The zero-order valence-electron chi connectivity index (χ0n) is 21.5. The molecule has 2 amide bonds. The number of carbonyl (C=O) groups excluding carboxylic acids is 2. The molecular formula is C32H33N3O3. The van der Waals surface area contributed by atoms with Crippen molar-refractivity contribution >= 4 is 23.2 Å². The first-order valence-electron chi connectivity index (χ1n) is 12.8. The fraction of sp³-hybridized carbons (Fsp3) is 0.188. The Hall–Kier alpha value is -4.58. The summed E-state index contributed by atoms with van der Waals surface area (Å²) in [6.07, 6.45) is 1.84. The van der Waals surface area contributed by atoms with Crippen LogP contribution in [0.4, 0.5) is 11.4 Å². The van der Waals surface area contributed by atoms with E-state index in [2.05, 4.69) is 28.1 Å². The van der Waals surface area contributed by atoms with Gasteiger partial charge in [0.25, 0.3) is 5.91 Å². The van der Waals surface area contributed by atoms with Gasteiger partial charge in [-0.05, 0) is 61.2 Å². The van der Waals surface area contributed by atoms with Crippen LogP contribution in [0.15, 0.2) is 109 Å². The third-order valence-electron chi connectivity index (χ3n) is 6.09. The minimum atomic E-state index is -0.223. The molecule has 0 bridgehead atoms. The number of anilines is 2. The third-order valence-corrected chi connectivity index (χ3v) is 6.09. The van der Waals surface area contributed by atoms with Gasteiger partial charge in [0.2, 0.25) is 5.91 Å². The minimum absolute atomic E-state index is 0.0614. The monoisotopic (exact) mass is 507 g/mol. The Labute approximate surface area is 224 Å². The van der Waals surface area contributed by atoms with Gasteiger partial charge in [-0.15, -0.1) is 0 Å². The van der Waals surface area contributed by atoms with Crippen molar-refractivity contribution in [1.82, 2.24) is 5.32 Å². The number of amides is 2. The largest absolute Gasteiger partial charge is 0.491 e. The Morgan fingerprint density at radius 2 is 1.53 bits per heavy atom. The van der Waals surface area contributed by atoms with Crippen molar-refractivity contribution in [2.75, 3.05) is 23.8 Å². The Morgan fingerprint density at radius 3 is 2.32 bits per heavy atom. The van der Waals surface area contributed by atoms with Crippen molar-refractivity contribution in [3.8, 4) is 5.75 Å². The van der Waals surface area contributed by atoms with Gasteiger partial charge in [0.05, 0.1) is 24.9 Å². The molecule has 194 valence electrons. The Kier molecular flexibility index (Phi) is 9.51. The molecule has 0 aromatic heterocycles. The third kappa shape index (κ3) is 7.96. The quantitative estimate of drug-likeness (QED) is 0.198. The van der Waals surface area contributed by atoms with E-state index < -0.39 is 0 Å². The molecule has 0 radical (unpaired) electrons. The smallest absolute Gasteiger partial charge is 0.251 e. The van der Waals surface area contributed by atoms with Crippen molar-refractivity contribution in [2.45, 2.75) is 25.8 Å². The number of hydrogen-bond acceptors (Lipinski definition) is 4. The topological polar surface area (TPSA) is 79.5 Å². The highest BCUT2D eigenvalue weighted by Gasteiger charge is 2.13. The lowest BCUT2D eigenvalue weighted by atomic mass is 10.1. The summed E-state index contributed by atoms with van der Waals surface area (Å²) in [5.74, 6) is 0.285. The summed E-state index contributed by atoms with van der Waals surface area (Å²) < 4.78 is 5.98. The standard InChI is InChI=1S/C32H33N3O3/c1-24(26-15-6-3-7-16-26)34-32(37)27-17-10-18-28(22-27)35-31(36)23-33-29-19-8-9-20-30(29)38-21-11-14-25-12-4-2-5-13-25/h2-10,12-13,15-20,22,24,33H,11,14,21,23H2,1H3,(H,34,37)(H,35,36). The SMILES string of the molecule is CC(NC(=O)c1cccc(NC(=O)CNc2ccccc2OCCCc2ccccc2)c1)c1ccccc1. The van der Waals surface area contributed by atoms with E-state index in [0.717, 1.165) is 24.1 Å². The highest BCUT2D eigenvalue weighted by molar-refractivity contribution is 5.98. The molecule has 0 aliphatic heterocycles. The van der Waals surface area contributed by atoms with E-state index in [9.17, 15) is 9.59 Å². The summed E-state index contributed by atoms with van der Waals surface area (Å²) >= 11 is 0. The lowest BCUT2D eigenvalue weighted by Gasteiger charge is -2.15. The highest BCUT2D eigenvalue weighted by atomic mass is 16.5. The number of aryl methyl sites for hydroxylation is 1. The van der Waals surface area contributed by atoms with E-state index in [1.807, 2.05) is 79.7 Å². The molecule has 0 fully saturated rings. The second kappa shape index (κ2) is 13.7. The van der Waals surface area contributed by atoms with E-state index in [1.54, 1.807) is 24.3 Å². The number of rotatable bonds is 12. The fourth-order valence-corrected chi connectivity index (χ4v) is 4.07. The average Bonchev–Trinajstić information content (AvgIpc) is 2.96. The predicted octanol–water partition coefficient (Wildman–Crippen LogP) is 6.24. The van der Waals surface area contributed by atoms with Crippen LogP contribution in [-0.2, 0) is 11.2 Å². The van der Waals surface area contributed by atoms with Gasteiger partial charge >= 0.3 is 0 Å². The molecule has 0 aliphatic carbocycles. The van der Waals surface area contributed by atoms with Crippen LogP contribution in [0.3, 0.4) is 0 Å².